The monoisotopic (exact) mass is 559 g/mol. The molecule has 0 saturated heterocycles. The summed E-state index contributed by atoms with van der Waals surface area (Å²) in [6, 6.07) is 18.5. The van der Waals surface area contributed by atoms with Crippen molar-refractivity contribution in [3.05, 3.63) is 82.9 Å². The molecule has 1 unspecified atom stereocenters. The number of nitrogens with zero attached hydrogens (tertiary/aromatic N) is 1. The van der Waals surface area contributed by atoms with Crippen LogP contribution in [-0.4, -0.2) is 48.8 Å². The molecule has 3 aromatic rings. The zero-order chi connectivity index (χ0) is 29.4. The van der Waals surface area contributed by atoms with Gasteiger partial charge in [-0.2, -0.15) is 0 Å². The summed E-state index contributed by atoms with van der Waals surface area (Å²) in [6.07, 6.45) is 2.03. The standard InChI is InChI=1S/C32H37N3O6/c1-21-8-3-14-29(22(21)2)40-17-7-15-30(36)35-16-6-12-26-25(11-5-13-28(26)35)24-10-4-9-23(18-24)20-41-32(39)34-19-27(33)31(37)38/h3-5,8-11,13-14,18,27H,6-7,12,15-17,19-20,33H2,1-2H3,(H,34,39)(H,37,38). The van der Waals surface area contributed by atoms with Crippen LogP contribution in [-0.2, 0) is 27.4 Å². The van der Waals surface area contributed by atoms with Crippen molar-refractivity contribution in [1.82, 2.24) is 5.32 Å². The summed E-state index contributed by atoms with van der Waals surface area (Å²) in [5, 5.41) is 11.2. The number of carboxylic acid groups (broad SMARTS) is 1. The summed E-state index contributed by atoms with van der Waals surface area (Å²) < 4.78 is 11.2. The largest absolute Gasteiger partial charge is 0.493 e. The number of carboxylic acids is 1. The number of fused-ring (bicyclic) bond motifs is 1. The van der Waals surface area contributed by atoms with E-state index in [1.54, 1.807) is 0 Å². The minimum Gasteiger partial charge on any atom is -0.493 e. The van der Waals surface area contributed by atoms with E-state index >= 15 is 0 Å². The molecule has 1 aliphatic heterocycles. The maximum atomic E-state index is 13.3. The number of amides is 2. The third kappa shape index (κ3) is 7.64. The number of aliphatic carboxylic acids is 1. The molecule has 0 aromatic heterocycles. The van der Waals surface area contributed by atoms with E-state index in [9.17, 15) is 14.4 Å². The predicted octanol–water partition coefficient (Wildman–Crippen LogP) is 4.75. The number of ether oxygens (including phenoxy) is 2. The summed E-state index contributed by atoms with van der Waals surface area (Å²) >= 11 is 0. The molecule has 0 bridgehead atoms. The molecule has 216 valence electrons. The van der Waals surface area contributed by atoms with Crippen molar-refractivity contribution in [3.8, 4) is 16.9 Å². The number of benzene rings is 3. The Kier molecular flexibility index (Phi) is 9.97. The molecule has 0 saturated carbocycles. The van der Waals surface area contributed by atoms with Crippen LogP contribution in [0.2, 0.25) is 0 Å². The number of alkyl carbamates (subject to hydrolysis) is 1. The van der Waals surface area contributed by atoms with E-state index in [-0.39, 0.29) is 19.1 Å². The van der Waals surface area contributed by atoms with Crippen LogP contribution in [0.5, 0.6) is 5.75 Å². The molecule has 0 aliphatic carbocycles. The highest BCUT2D eigenvalue weighted by atomic mass is 16.5. The lowest BCUT2D eigenvalue weighted by Crippen LogP contribution is -2.42. The quantitative estimate of drug-likeness (QED) is 0.289. The topological polar surface area (TPSA) is 131 Å². The van der Waals surface area contributed by atoms with Gasteiger partial charge >= 0.3 is 12.1 Å². The van der Waals surface area contributed by atoms with Crippen LogP contribution in [0.4, 0.5) is 10.5 Å². The van der Waals surface area contributed by atoms with Gasteiger partial charge in [-0.1, -0.05) is 42.5 Å². The molecule has 1 aliphatic rings. The molecule has 4 rings (SSSR count). The molecule has 41 heavy (non-hydrogen) atoms. The smallest absolute Gasteiger partial charge is 0.407 e. The van der Waals surface area contributed by atoms with Crippen molar-refractivity contribution < 1.29 is 29.0 Å². The highest BCUT2D eigenvalue weighted by Crippen LogP contribution is 2.36. The highest BCUT2D eigenvalue weighted by Gasteiger charge is 2.24. The molecule has 4 N–H and O–H groups in total. The molecule has 3 aromatic carbocycles. The van der Waals surface area contributed by atoms with Gasteiger partial charge in [-0.25, -0.2) is 4.79 Å². The van der Waals surface area contributed by atoms with Gasteiger partial charge in [-0.15, -0.1) is 0 Å². The number of carbonyl (C=O) groups excluding carboxylic acids is 2. The molecule has 1 atom stereocenters. The lowest BCUT2D eigenvalue weighted by Gasteiger charge is -2.31. The van der Waals surface area contributed by atoms with Crippen LogP contribution in [0.25, 0.3) is 11.1 Å². The summed E-state index contributed by atoms with van der Waals surface area (Å²) in [7, 11) is 0. The van der Waals surface area contributed by atoms with Crippen molar-refractivity contribution in [2.75, 3.05) is 24.6 Å². The second-order valence-electron chi connectivity index (χ2n) is 10.2. The maximum absolute atomic E-state index is 13.3. The van der Waals surface area contributed by atoms with Crippen LogP contribution < -0.4 is 20.7 Å². The predicted molar refractivity (Wildman–Crippen MR) is 157 cm³/mol. The van der Waals surface area contributed by atoms with E-state index in [0.717, 1.165) is 52.1 Å². The van der Waals surface area contributed by atoms with E-state index in [1.165, 1.54) is 5.56 Å². The molecule has 9 heteroatoms. The first-order valence-electron chi connectivity index (χ1n) is 13.8. The first kappa shape index (κ1) is 29.6. The lowest BCUT2D eigenvalue weighted by molar-refractivity contribution is -0.138. The van der Waals surface area contributed by atoms with Gasteiger partial charge in [0.25, 0.3) is 0 Å². The molecular weight excluding hydrogens is 522 g/mol. The zero-order valence-electron chi connectivity index (χ0n) is 23.5. The average molecular weight is 560 g/mol. The summed E-state index contributed by atoms with van der Waals surface area (Å²) in [5.41, 5.74) is 12.5. The van der Waals surface area contributed by atoms with Crippen LogP contribution in [0.3, 0.4) is 0 Å². The molecule has 2 amide bonds. The number of carbonyl (C=O) groups is 3. The number of hydrogen-bond donors (Lipinski definition) is 3. The minimum atomic E-state index is -1.20. The number of hydrogen-bond acceptors (Lipinski definition) is 6. The second kappa shape index (κ2) is 13.8. The number of nitrogens with two attached hydrogens (primary N) is 1. The summed E-state index contributed by atoms with van der Waals surface area (Å²) in [4.78, 5) is 37.9. The Morgan fingerprint density at radius 2 is 1.85 bits per heavy atom. The molecule has 0 spiro atoms. The molecule has 0 radical (unpaired) electrons. The Bertz CT molecular complexity index is 1410. The van der Waals surface area contributed by atoms with E-state index in [4.69, 9.17) is 20.3 Å². The Morgan fingerprint density at radius 1 is 1.07 bits per heavy atom. The molecular formula is C32H37N3O6. The Balaban J connectivity index is 1.38. The van der Waals surface area contributed by atoms with E-state index in [0.29, 0.717) is 26.0 Å². The van der Waals surface area contributed by atoms with Crippen LogP contribution >= 0.6 is 0 Å². The first-order chi connectivity index (χ1) is 19.7. The number of anilines is 1. The lowest BCUT2D eigenvalue weighted by atomic mass is 9.91. The normalized spacial score (nSPS) is 13.2. The third-order valence-electron chi connectivity index (χ3n) is 7.29. The molecule has 9 nitrogen and oxygen atoms in total. The molecule has 0 fully saturated rings. The van der Waals surface area contributed by atoms with E-state index in [1.807, 2.05) is 66.4 Å². The van der Waals surface area contributed by atoms with Crippen molar-refractivity contribution in [2.45, 2.75) is 52.2 Å². The highest BCUT2D eigenvalue weighted by molar-refractivity contribution is 5.96. The van der Waals surface area contributed by atoms with Crippen molar-refractivity contribution >= 4 is 23.7 Å². The fraction of sp³-hybridized carbons (Fsp3) is 0.344. The third-order valence-corrected chi connectivity index (χ3v) is 7.29. The second-order valence-corrected chi connectivity index (χ2v) is 10.2. The van der Waals surface area contributed by atoms with Crippen molar-refractivity contribution in [1.29, 1.82) is 0 Å². The minimum absolute atomic E-state index is 0.0196. The number of rotatable bonds is 11. The molecule has 1 heterocycles. The van der Waals surface area contributed by atoms with Gasteiger partial charge in [0.2, 0.25) is 5.91 Å². The van der Waals surface area contributed by atoms with Gasteiger partial charge in [0.1, 0.15) is 18.4 Å². The van der Waals surface area contributed by atoms with Gasteiger partial charge in [-0.3, -0.25) is 9.59 Å². The van der Waals surface area contributed by atoms with Gasteiger partial charge in [0.15, 0.2) is 0 Å². The summed E-state index contributed by atoms with van der Waals surface area (Å²) in [6.45, 7) is 5.06. The SMILES string of the molecule is Cc1cccc(OCCCC(=O)N2CCCc3c(-c4cccc(COC(=O)NCC(N)C(=O)O)c4)cccc32)c1C. The Morgan fingerprint density at radius 3 is 2.66 bits per heavy atom. The Labute approximate surface area is 240 Å². The van der Waals surface area contributed by atoms with Crippen molar-refractivity contribution in [3.63, 3.8) is 0 Å². The number of aryl methyl sites for hydroxylation is 1. The average Bonchev–Trinajstić information content (AvgIpc) is 2.98. The number of nitrogens with one attached hydrogen (secondary N) is 1. The first-order valence-corrected chi connectivity index (χ1v) is 13.8. The fourth-order valence-corrected chi connectivity index (χ4v) is 4.88. The van der Waals surface area contributed by atoms with Crippen LogP contribution in [0.15, 0.2) is 60.7 Å². The maximum Gasteiger partial charge on any atom is 0.407 e. The summed E-state index contributed by atoms with van der Waals surface area (Å²) in [5.74, 6) is -0.254. The van der Waals surface area contributed by atoms with Crippen molar-refractivity contribution in [2.24, 2.45) is 5.73 Å². The van der Waals surface area contributed by atoms with Crippen LogP contribution in [0.1, 0.15) is 41.5 Å². The van der Waals surface area contributed by atoms with E-state index < -0.39 is 18.1 Å². The zero-order valence-corrected chi connectivity index (χ0v) is 23.5. The fourth-order valence-electron chi connectivity index (χ4n) is 4.88. The van der Waals surface area contributed by atoms with Gasteiger partial charge in [-0.05, 0) is 84.7 Å². The Hall–Kier alpha value is -4.37. The van der Waals surface area contributed by atoms with Crippen LogP contribution in [0, 0.1) is 13.8 Å². The van der Waals surface area contributed by atoms with Gasteiger partial charge in [0, 0.05) is 25.2 Å². The van der Waals surface area contributed by atoms with Gasteiger partial charge < -0.3 is 30.5 Å². The van der Waals surface area contributed by atoms with Gasteiger partial charge in [0.05, 0.1) is 6.61 Å². The van der Waals surface area contributed by atoms with E-state index in [2.05, 4.69) is 18.3 Å².